The third-order valence-electron chi connectivity index (χ3n) is 14.9. The molecule has 0 aromatic heterocycles. The maximum atomic E-state index is 14.9. The van der Waals surface area contributed by atoms with Gasteiger partial charge >= 0.3 is 31.7 Å². The van der Waals surface area contributed by atoms with E-state index >= 15 is 0 Å². The zero-order valence-electron chi connectivity index (χ0n) is 47.8. The summed E-state index contributed by atoms with van der Waals surface area (Å²) in [6.45, 7) is 22.1. The second-order valence-corrected chi connectivity index (χ2v) is 28.3. The summed E-state index contributed by atoms with van der Waals surface area (Å²) < 4.78 is 90.5. The summed E-state index contributed by atoms with van der Waals surface area (Å²) >= 11 is 0. The number of ether oxygens (including phenoxy) is 8. The number of nitrogens with one attached hydrogen (secondary N) is 1. The van der Waals surface area contributed by atoms with Crippen LogP contribution in [0.5, 0.6) is 0 Å². The summed E-state index contributed by atoms with van der Waals surface area (Å²) in [6.07, 6.45) is -9.77. The molecule has 438 valence electrons. The van der Waals surface area contributed by atoms with E-state index < -0.39 is 126 Å². The fraction of sp³-hybridized carbons (Fsp3) is 0.696. The minimum absolute atomic E-state index is 0.0541. The summed E-state index contributed by atoms with van der Waals surface area (Å²) in [5.41, 5.74) is 9.15. The average molecular weight is 1140 g/mol. The van der Waals surface area contributed by atoms with Crippen molar-refractivity contribution in [1.29, 1.82) is 0 Å². The van der Waals surface area contributed by atoms with Crippen molar-refractivity contribution in [3.63, 3.8) is 0 Å². The number of hydrogen-bond donors (Lipinski definition) is 2. The predicted octanol–water partition coefficient (Wildman–Crippen LogP) is 8.88. The Labute approximate surface area is 462 Å². The number of hydrogen-bond acceptors (Lipinski definition) is 19. The quantitative estimate of drug-likeness (QED) is 0.0366. The molecule has 3 aliphatic rings. The Bertz CT molecular complexity index is 2270. The van der Waals surface area contributed by atoms with Crippen LogP contribution in [0.4, 0.5) is 0 Å². The maximum Gasteiger partial charge on any atom is 0.475 e. The van der Waals surface area contributed by atoms with Gasteiger partial charge in [0, 0.05) is 25.2 Å². The number of phosphoric ester groups is 1. The number of fused-ring (bicyclic) bond motifs is 1. The lowest BCUT2D eigenvalue weighted by Gasteiger charge is -2.49. The molecule has 0 aliphatic carbocycles. The van der Waals surface area contributed by atoms with Crippen molar-refractivity contribution < 1.29 is 84.4 Å². The summed E-state index contributed by atoms with van der Waals surface area (Å²) in [5.74, 6) is -3.55. The van der Waals surface area contributed by atoms with Crippen molar-refractivity contribution in [2.24, 2.45) is 17.6 Å². The highest BCUT2D eigenvalue weighted by Gasteiger charge is 2.55. The first-order chi connectivity index (χ1) is 36.9. The van der Waals surface area contributed by atoms with E-state index in [-0.39, 0.29) is 82.5 Å². The van der Waals surface area contributed by atoms with Crippen LogP contribution in [0.15, 0.2) is 54.6 Å². The molecule has 3 N–H and O–H groups in total. The minimum Gasteiger partial charge on any atom is -0.462 e. The lowest BCUT2D eigenvalue weighted by atomic mass is 9.89. The Morgan fingerprint density at radius 2 is 1.27 bits per heavy atom. The van der Waals surface area contributed by atoms with Crippen LogP contribution in [-0.4, -0.2) is 119 Å². The van der Waals surface area contributed by atoms with Gasteiger partial charge in [-0.1, -0.05) is 130 Å². The largest absolute Gasteiger partial charge is 0.475 e. The van der Waals surface area contributed by atoms with E-state index in [1.807, 2.05) is 51.1 Å². The van der Waals surface area contributed by atoms with Crippen molar-refractivity contribution in [3.8, 4) is 0 Å². The molecule has 2 aromatic rings. The van der Waals surface area contributed by atoms with Gasteiger partial charge in [0.25, 0.3) is 0 Å². The third kappa shape index (κ3) is 18.7. The van der Waals surface area contributed by atoms with E-state index in [9.17, 15) is 28.5 Å². The molecular formula is C56H87N2O18PSi. The van der Waals surface area contributed by atoms with Crippen LogP contribution in [0.25, 0.3) is 0 Å². The lowest BCUT2D eigenvalue weighted by Crippen LogP contribution is -2.67. The number of carbonyl (C=O) groups excluding carboxylic acids is 5. The van der Waals surface area contributed by atoms with Gasteiger partial charge in [0.15, 0.2) is 27.0 Å². The fourth-order valence-corrected chi connectivity index (χ4v) is 11.1. The van der Waals surface area contributed by atoms with Crippen LogP contribution in [0.1, 0.15) is 137 Å². The molecule has 3 heterocycles. The number of esters is 4. The number of rotatable bonds is 27. The van der Waals surface area contributed by atoms with E-state index in [1.54, 1.807) is 52.0 Å². The first-order valence-corrected chi connectivity index (χ1v) is 32.0. The van der Waals surface area contributed by atoms with Gasteiger partial charge in [-0.25, -0.2) is 4.57 Å². The molecule has 4 unspecified atom stereocenters. The lowest BCUT2D eigenvalue weighted by molar-refractivity contribution is -0.292. The van der Waals surface area contributed by atoms with Gasteiger partial charge in [-0.05, 0) is 53.6 Å². The highest BCUT2D eigenvalue weighted by Crippen LogP contribution is 2.55. The molecule has 2 aromatic carbocycles. The number of amides is 1. The molecule has 5 rings (SSSR count). The van der Waals surface area contributed by atoms with Crippen LogP contribution in [0.2, 0.25) is 18.1 Å². The van der Waals surface area contributed by atoms with Gasteiger partial charge in [-0.3, -0.25) is 37.5 Å². The zero-order valence-corrected chi connectivity index (χ0v) is 49.7. The van der Waals surface area contributed by atoms with Crippen LogP contribution in [0.3, 0.4) is 0 Å². The number of benzene rings is 2. The van der Waals surface area contributed by atoms with Gasteiger partial charge in [0.1, 0.15) is 36.6 Å². The molecule has 20 nitrogen and oxygen atoms in total. The standard InChI is InChI=1S/C56H87N2O18PSi/c1-13-35(6)27-47(62)73-51-36(7)42(71-54(49(51)57)76-78(11,12)56(8,9)10)34-66-55-50(58-44(59)28-40(14-2)69-45(60)16-4)53(74-48(63)29-41(15-3)70-46(61)17-5)52(43(72-55)33-65-30-37-23-19-18-20-24-37)75-77(64)67-31-38-25-21-22-26-39(38)32-68-77/h18-26,35-36,40-43,49-55H,13-17,27-34,57H2,1-12H3,(H,58,59)/t35-,36-,40-,41-,42?,43?,49?,50?,51+,52-,53-,54+,55-/m1/s1. The van der Waals surface area contributed by atoms with Crippen LogP contribution >= 0.6 is 7.82 Å². The van der Waals surface area contributed by atoms with Gasteiger partial charge in [0.05, 0.1) is 58.0 Å². The van der Waals surface area contributed by atoms with Crippen LogP contribution < -0.4 is 11.1 Å². The van der Waals surface area contributed by atoms with Gasteiger partial charge in [-0.15, -0.1) is 0 Å². The molecule has 78 heavy (non-hydrogen) atoms. The second-order valence-electron chi connectivity index (χ2n) is 21.9. The maximum absolute atomic E-state index is 14.9. The summed E-state index contributed by atoms with van der Waals surface area (Å²) in [6, 6.07) is 14.1. The average Bonchev–Trinajstić information content (AvgIpc) is 3.59. The fourth-order valence-electron chi connectivity index (χ4n) is 8.64. The summed E-state index contributed by atoms with van der Waals surface area (Å²) in [4.78, 5) is 67.4. The van der Waals surface area contributed by atoms with Crippen molar-refractivity contribution in [2.75, 3.05) is 13.2 Å². The Kier molecular flexibility index (Phi) is 24.9. The van der Waals surface area contributed by atoms with Crippen molar-refractivity contribution in [3.05, 3.63) is 71.3 Å². The minimum atomic E-state index is -4.61. The number of carbonyl (C=O) groups is 5. The molecule has 0 bridgehead atoms. The molecule has 3 aliphatic heterocycles. The Morgan fingerprint density at radius 3 is 1.83 bits per heavy atom. The first-order valence-electron chi connectivity index (χ1n) is 27.6. The molecule has 13 atom stereocenters. The predicted molar refractivity (Wildman–Crippen MR) is 289 cm³/mol. The topological polar surface area (TPSA) is 251 Å². The van der Waals surface area contributed by atoms with Crippen molar-refractivity contribution >= 4 is 45.9 Å². The van der Waals surface area contributed by atoms with Crippen molar-refractivity contribution in [1.82, 2.24) is 5.32 Å². The van der Waals surface area contributed by atoms with E-state index in [0.29, 0.717) is 11.1 Å². The molecule has 0 radical (unpaired) electrons. The van der Waals surface area contributed by atoms with Crippen LogP contribution in [-0.2, 0) is 104 Å². The smallest absolute Gasteiger partial charge is 0.462 e. The van der Waals surface area contributed by atoms with E-state index in [1.165, 1.54) is 0 Å². The molecule has 0 saturated carbocycles. The van der Waals surface area contributed by atoms with Gasteiger partial charge in [-0.2, -0.15) is 0 Å². The SMILES string of the molecule is CCC(=O)O[C@H](CC)CC(=O)NC1[C@H](OCC2O[C@@H](O[Si](C)(C)C(C)(C)C)C(N)[C@@H](OC(=O)C[C@H](C)CC)[C@@H]2C)OC(COCc2ccccc2)[C@@H](OP2(=O)OCc3ccccc3CO2)[C@@H]1OC(=O)C[C@@H](CC)OC(=O)CC. The van der Waals surface area contributed by atoms with E-state index in [4.69, 9.17) is 61.6 Å². The van der Waals surface area contributed by atoms with Gasteiger partial charge in [0.2, 0.25) is 5.91 Å². The molecular weight excluding hydrogens is 1050 g/mol. The number of nitrogens with two attached hydrogens (primary N) is 1. The summed E-state index contributed by atoms with van der Waals surface area (Å²) in [7, 11) is -7.20. The normalized spacial score (nSPS) is 26.5. The van der Waals surface area contributed by atoms with Gasteiger partial charge < -0.3 is 53.4 Å². The highest BCUT2D eigenvalue weighted by molar-refractivity contribution is 7.48. The van der Waals surface area contributed by atoms with Crippen molar-refractivity contribution in [2.45, 2.75) is 226 Å². The second kappa shape index (κ2) is 30.1. The molecule has 0 spiro atoms. The third-order valence-corrected chi connectivity index (χ3v) is 20.7. The Hall–Kier alpha value is -4.12. The molecule has 22 heteroatoms. The van der Waals surface area contributed by atoms with E-state index in [0.717, 1.165) is 12.0 Å². The molecule has 1 amide bonds. The monoisotopic (exact) mass is 1130 g/mol. The molecule has 2 fully saturated rings. The summed E-state index contributed by atoms with van der Waals surface area (Å²) in [5, 5.41) is 2.67. The zero-order chi connectivity index (χ0) is 57.4. The molecule has 2 saturated heterocycles. The highest BCUT2D eigenvalue weighted by atomic mass is 31.2. The van der Waals surface area contributed by atoms with E-state index in [2.05, 4.69) is 39.2 Å². The first kappa shape index (κ1) is 64.7. The van der Waals surface area contributed by atoms with Crippen LogP contribution in [0, 0.1) is 11.8 Å². The Morgan fingerprint density at radius 1 is 0.718 bits per heavy atom. The Balaban J connectivity index is 1.61. The number of phosphoric acid groups is 1.